The van der Waals surface area contributed by atoms with E-state index in [9.17, 15) is 17.2 Å². The first-order chi connectivity index (χ1) is 6.38. The fourth-order valence-corrected chi connectivity index (χ4v) is 1.77. The molecule has 0 atom stereocenters. The first-order valence-corrected chi connectivity index (χ1v) is 5.05. The van der Waals surface area contributed by atoms with Gasteiger partial charge >= 0.3 is 0 Å². The van der Waals surface area contributed by atoms with E-state index in [2.05, 4.69) is 0 Å². The SMILES string of the molecule is CNS(=O)(=O)c1c(F)cc(N)cc1F. The van der Waals surface area contributed by atoms with Crippen molar-refractivity contribution in [3.8, 4) is 0 Å². The topological polar surface area (TPSA) is 72.2 Å². The summed E-state index contributed by atoms with van der Waals surface area (Å²) in [6, 6.07) is 1.49. The van der Waals surface area contributed by atoms with Crippen LogP contribution in [0, 0.1) is 11.6 Å². The van der Waals surface area contributed by atoms with Gasteiger partial charge < -0.3 is 5.73 Å². The van der Waals surface area contributed by atoms with Gasteiger partial charge in [0.05, 0.1) is 0 Å². The molecule has 1 rings (SSSR count). The van der Waals surface area contributed by atoms with Crippen LogP contribution in [0.1, 0.15) is 0 Å². The molecule has 78 valence electrons. The maximum Gasteiger partial charge on any atom is 0.246 e. The smallest absolute Gasteiger partial charge is 0.246 e. The lowest BCUT2D eigenvalue weighted by atomic mass is 10.3. The number of rotatable bonds is 2. The largest absolute Gasteiger partial charge is 0.399 e. The predicted molar refractivity (Wildman–Crippen MR) is 47.0 cm³/mol. The number of hydrogen-bond donors (Lipinski definition) is 2. The van der Waals surface area contributed by atoms with E-state index in [-0.39, 0.29) is 5.69 Å². The van der Waals surface area contributed by atoms with Crippen molar-refractivity contribution in [3.63, 3.8) is 0 Å². The van der Waals surface area contributed by atoms with Crippen LogP contribution in [-0.4, -0.2) is 15.5 Å². The molecule has 0 aromatic heterocycles. The number of halogens is 2. The van der Waals surface area contributed by atoms with Gasteiger partial charge in [0.15, 0.2) is 4.90 Å². The summed E-state index contributed by atoms with van der Waals surface area (Å²) in [7, 11) is -3.07. The molecule has 0 amide bonds. The van der Waals surface area contributed by atoms with Crippen LogP contribution < -0.4 is 10.5 Å². The molecule has 0 saturated heterocycles. The highest BCUT2D eigenvalue weighted by molar-refractivity contribution is 7.89. The average molecular weight is 222 g/mol. The molecule has 0 heterocycles. The van der Waals surface area contributed by atoms with Gasteiger partial charge in [0, 0.05) is 5.69 Å². The molecule has 0 fully saturated rings. The van der Waals surface area contributed by atoms with Crippen molar-refractivity contribution >= 4 is 15.7 Å². The van der Waals surface area contributed by atoms with Gasteiger partial charge in [-0.15, -0.1) is 0 Å². The van der Waals surface area contributed by atoms with E-state index >= 15 is 0 Å². The van der Waals surface area contributed by atoms with E-state index in [1.165, 1.54) is 0 Å². The average Bonchev–Trinajstić information content (AvgIpc) is 2.01. The summed E-state index contributed by atoms with van der Waals surface area (Å²) in [5, 5.41) is 0. The normalized spacial score (nSPS) is 11.6. The summed E-state index contributed by atoms with van der Waals surface area (Å²) in [6.45, 7) is 0. The number of nitrogens with one attached hydrogen (secondary N) is 1. The highest BCUT2D eigenvalue weighted by Gasteiger charge is 2.22. The Balaban J connectivity index is 3.51. The van der Waals surface area contributed by atoms with E-state index in [1.807, 2.05) is 4.72 Å². The van der Waals surface area contributed by atoms with Gasteiger partial charge in [-0.1, -0.05) is 0 Å². The number of sulfonamides is 1. The molecule has 1 aromatic rings. The Bertz CT molecular complexity index is 436. The fourth-order valence-electron chi connectivity index (χ4n) is 0.938. The zero-order chi connectivity index (χ0) is 10.9. The quantitative estimate of drug-likeness (QED) is 0.714. The molecule has 0 aliphatic rings. The highest BCUT2D eigenvalue weighted by atomic mass is 32.2. The van der Waals surface area contributed by atoms with Crippen molar-refractivity contribution in [2.45, 2.75) is 4.90 Å². The van der Waals surface area contributed by atoms with Crippen LogP contribution in [0.25, 0.3) is 0 Å². The lowest BCUT2D eigenvalue weighted by molar-refractivity contribution is 0.517. The number of nitrogen functional groups attached to an aromatic ring is 1. The molecular formula is C7H8F2N2O2S. The molecule has 0 aliphatic heterocycles. The molecule has 0 saturated carbocycles. The van der Waals surface area contributed by atoms with Crippen molar-refractivity contribution in [3.05, 3.63) is 23.8 Å². The summed E-state index contributed by atoms with van der Waals surface area (Å²) in [4.78, 5) is -1.02. The minimum atomic E-state index is -4.13. The van der Waals surface area contributed by atoms with Crippen LogP contribution in [-0.2, 0) is 10.0 Å². The Morgan fingerprint density at radius 3 is 2.07 bits per heavy atom. The molecule has 0 bridgehead atoms. The van der Waals surface area contributed by atoms with Crippen LogP contribution in [0.3, 0.4) is 0 Å². The van der Waals surface area contributed by atoms with Gasteiger partial charge in [-0.05, 0) is 19.2 Å². The van der Waals surface area contributed by atoms with Crippen LogP contribution in [0.15, 0.2) is 17.0 Å². The standard InChI is InChI=1S/C7H8F2N2O2S/c1-11-14(12,13)7-5(8)2-4(10)3-6(7)9/h2-3,11H,10H2,1H3. The molecule has 4 nitrogen and oxygen atoms in total. The second-order valence-corrected chi connectivity index (χ2v) is 4.34. The van der Waals surface area contributed by atoms with Crippen LogP contribution >= 0.6 is 0 Å². The minimum Gasteiger partial charge on any atom is -0.399 e. The molecule has 0 aliphatic carbocycles. The van der Waals surface area contributed by atoms with Crippen molar-refractivity contribution < 1.29 is 17.2 Å². The van der Waals surface area contributed by atoms with Crippen molar-refractivity contribution in [1.82, 2.24) is 4.72 Å². The zero-order valence-electron chi connectivity index (χ0n) is 7.21. The van der Waals surface area contributed by atoms with Gasteiger partial charge in [-0.3, -0.25) is 0 Å². The Labute approximate surface area is 79.8 Å². The Kier molecular flexibility index (Phi) is 2.72. The maximum atomic E-state index is 13.1. The third-order valence-electron chi connectivity index (χ3n) is 1.56. The summed E-state index contributed by atoms with van der Waals surface area (Å²) >= 11 is 0. The number of anilines is 1. The summed E-state index contributed by atoms with van der Waals surface area (Å²) in [5.74, 6) is -2.42. The Hall–Kier alpha value is -1.21. The first kappa shape index (κ1) is 10.9. The van der Waals surface area contributed by atoms with E-state index in [0.717, 1.165) is 19.2 Å². The number of benzene rings is 1. The molecule has 0 radical (unpaired) electrons. The van der Waals surface area contributed by atoms with Crippen molar-refractivity contribution in [2.75, 3.05) is 12.8 Å². The third-order valence-corrected chi connectivity index (χ3v) is 3.02. The van der Waals surface area contributed by atoms with E-state index < -0.39 is 26.6 Å². The Morgan fingerprint density at radius 1 is 1.29 bits per heavy atom. The minimum absolute atomic E-state index is 0.171. The number of hydrogen-bond acceptors (Lipinski definition) is 3. The van der Waals surface area contributed by atoms with Gasteiger partial charge in [0.25, 0.3) is 0 Å². The lowest BCUT2D eigenvalue weighted by Crippen LogP contribution is -2.21. The molecule has 0 spiro atoms. The van der Waals surface area contributed by atoms with E-state index in [4.69, 9.17) is 5.73 Å². The van der Waals surface area contributed by atoms with Gasteiger partial charge in [-0.2, -0.15) is 0 Å². The number of nitrogens with two attached hydrogens (primary N) is 1. The van der Waals surface area contributed by atoms with E-state index in [1.54, 1.807) is 0 Å². The summed E-state index contributed by atoms with van der Waals surface area (Å²) in [5.41, 5.74) is 4.95. The van der Waals surface area contributed by atoms with Crippen LogP contribution in [0.2, 0.25) is 0 Å². The second kappa shape index (κ2) is 3.50. The highest BCUT2D eigenvalue weighted by Crippen LogP contribution is 2.20. The van der Waals surface area contributed by atoms with Gasteiger partial charge in [-0.25, -0.2) is 21.9 Å². The first-order valence-electron chi connectivity index (χ1n) is 3.56. The zero-order valence-corrected chi connectivity index (χ0v) is 8.03. The molecule has 14 heavy (non-hydrogen) atoms. The van der Waals surface area contributed by atoms with E-state index in [0.29, 0.717) is 0 Å². The predicted octanol–water partition coefficient (Wildman–Crippen LogP) is 0.455. The Morgan fingerprint density at radius 2 is 1.71 bits per heavy atom. The van der Waals surface area contributed by atoms with Gasteiger partial charge in [0.2, 0.25) is 10.0 Å². The monoisotopic (exact) mass is 222 g/mol. The molecule has 3 N–H and O–H groups in total. The maximum absolute atomic E-state index is 13.1. The van der Waals surface area contributed by atoms with Crippen molar-refractivity contribution in [2.24, 2.45) is 0 Å². The third kappa shape index (κ3) is 1.83. The van der Waals surface area contributed by atoms with Crippen molar-refractivity contribution in [1.29, 1.82) is 0 Å². The summed E-state index contributed by atoms with van der Waals surface area (Å²) < 4.78 is 50.2. The molecule has 1 aromatic carbocycles. The fraction of sp³-hybridized carbons (Fsp3) is 0.143. The lowest BCUT2D eigenvalue weighted by Gasteiger charge is -2.05. The molecular weight excluding hydrogens is 214 g/mol. The van der Waals surface area contributed by atoms with Crippen LogP contribution in [0.4, 0.5) is 14.5 Å². The van der Waals surface area contributed by atoms with Gasteiger partial charge in [0.1, 0.15) is 11.6 Å². The summed E-state index contributed by atoms with van der Waals surface area (Å²) in [6.07, 6.45) is 0. The second-order valence-electron chi connectivity index (χ2n) is 2.52. The molecule has 7 heteroatoms. The molecule has 0 unspecified atom stereocenters. The van der Waals surface area contributed by atoms with Crippen LogP contribution in [0.5, 0.6) is 0 Å².